The van der Waals surface area contributed by atoms with E-state index in [0.717, 1.165) is 0 Å². The molecule has 0 aliphatic heterocycles. The largest absolute Gasteiger partial charge is 0.492 e. The molecule has 1 amide bonds. The van der Waals surface area contributed by atoms with E-state index in [9.17, 15) is 9.59 Å². The molecule has 22 heavy (non-hydrogen) atoms. The molecule has 1 aromatic carbocycles. The normalized spacial score (nSPS) is 11.1. The standard InChI is InChI=1S/C16H22ClNO4/c1-4-22-14-11(6-5-7-12(14)17)10-13(19)18-9-8-16(2,3)15(20)21/h5-7H,4,8-10H2,1-3H3,(H,18,19)(H,20,21). The Morgan fingerprint density at radius 2 is 2.05 bits per heavy atom. The summed E-state index contributed by atoms with van der Waals surface area (Å²) in [5, 5.41) is 12.2. The lowest BCUT2D eigenvalue weighted by Crippen LogP contribution is -2.32. The molecule has 122 valence electrons. The number of hydrogen-bond acceptors (Lipinski definition) is 3. The molecule has 0 aromatic heterocycles. The van der Waals surface area contributed by atoms with Gasteiger partial charge in [-0.3, -0.25) is 9.59 Å². The number of nitrogens with one attached hydrogen (secondary N) is 1. The average molecular weight is 328 g/mol. The summed E-state index contributed by atoms with van der Waals surface area (Å²) in [4.78, 5) is 23.0. The Kier molecular flexibility index (Phi) is 6.68. The van der Waals surface area contributed by atoms with E-state index >= 15 is 0 Å². The van der Waals surface area contributed by atoms with Gasteiger partial charge >= 0.3 is 5.97 Å². The molecule has 0 atom stereocenters. The molecule has 0 radical (unpaired) electrons. The first-order chi connectivity index (χ1) is 10.3. The Bertz CT molecular complexity index is 543. The molecule has 0 saturated carbocycles. The third kappa shape index (κ3) is 5.22. The maximum Gasteiger partial charge on any atom is 0.309 e. The fraction of sp³-hybridized carbons (Fsp3) is 0.500. The van der Waals surface area contributed by atoms with Crippen molar-refractivity contribution in [3.05, 3.63) is 28.8 Å². The predicted octanol–water partition coefficient (Wildman–Crippen LogP) is 2.90. The van der Waals surface area contributed by atoms with Crippen LogP contribution in [0.4, 0.5) is 0 Å². The minimum absolute atomic E-state index is 0.142. The van der Waals surface area contributed by atoms with Gasteiger partial charge < -0.3 is 15.2 Å². The van der Waals surface area contributed by atoms with Crippen molar-refractivity contribution in [1.29, 1.82) is 0 Å². The van der Waals surface area contributed by atoms with Crippen molar-refractivity contribution in [2.75, 3.05) is 13.2 Å². The summed E-state index contributed by atoms with van der Waals surface area (Å²) in [7, 11) is 0. The molecule has 0 saturated heterocycles. The lowest BCUT2D eigenvalue weighted by molar-refractivity contribution is -0.147. The molecule has 2 N–H and O–H groups in total. The summed E-state index contributed by atoms with van der Waals surface area (Å²) in [6.45, 7) is 5.88. The number of hydrogen-bond donors (Lipinski definition) is 2. The number of rotatable bonds is 8. The molecule has 0 spiro atoms. The number of carboxylic acid groups (broad SMARTS) is 1. The van der Waals surface area contributed by atoms with E-state index in [1.165, 1.54) is 0 Å². The second kappa shape index (κ2) is 8.03. The number of aliphatic carboxylic acids is 1. The van der Waals surface area contributed by atoms with Gasteiger partial charge in [-0.25, -0.2) is 0 Å². The van der Waals surface area contributed by atoms with Crippen molar-refractivity contribution in [2.45, 2.75) is 33.6 Å². The molecule has 0 unspecified atom stereocenters. The van der Waals surface area contributed by atoms with E-state index in [2.05, 4.69) is 5.32 Å². The number of halogens is 1. The lowest BCUT2D eigenvalue weighted by atomic mass is 9.90. The highest BCUT2D eigenvalue weighted by Crippen LogP contribution is 2.29. The van der Waals surface area contributed by atoms with Crippen molar-refractivity contribution < 1.29 is 19.4 Å². The summed E-state index contributed by atoms with van der Waals surface area (Å²) >= 11 is 6.07. The number of carbonyl (C=O) groups is 2. The highest BCUT2D eigenvalue weighted by atomic mass is 35.5. The first-order valence-electron chi connectivity index (χ1n) is 7.18. The van der Waals surface area contributed by atoms with Crippen LogP contribution in [0.15, 0.2) is 18.2 Å². The highest BCUT2D eigenvalue weighted by Gasteiger charge is 2.26. The van der Waals surface area contributed by atoms with E-state index in [-0.39, 0.29) is 12.3 Å². The molecule has 0 bridgehead atoms. The Balaban J connectivity index is 2.59. The topological polar surface area (TPSA) is 75.6 Å². The van der Waals surface area contributed by atoms with Crippen LogP contribution in [0.25, 0.3) is 0 Å². The zero-order chi connectivity index (χ0) is 16.8. The predicted molar refractivity (Wildman–Crippen MR) is 85.4 cm³/mol. The van der Waals surface area contributed by atoms with Gasteiger partial charge in [0.15, 0.2) is 0 Å². The molecule has 1 aromatic rings. The van der Waals surface area contributed by atoms with E-state index in [4.69, 9.17) is 21.4 Å². The van der Waals surface area contributed by atoms with Gasteiger partial charge in [-0.1, -0.05) is 23.7 Å². The van der Waals surface area contributed by atoms with E-state index in [0.29, 0.717) is 35.9 Å². The average Bonchev–Trinajstić information content (AvgIpc) is 2.42. The third-order valence-electron chi connectivity index (χ3n) is 3.34. The molecule has 0 fully saturated rings. The van der Waals surface area contributed by atoms with Crippen LogP contribution in [-0.4, -0.2) is 30.1 Å². The molecular formula is C16H22ClNO4. The fourth-order valence-electron chi connectivity index (χ4n) is 1.86. The van der Waals surface area contributed by atoms with Crippen molar-refractivity contribution in [3.8, 4) is 5.75 Å². The van der Waals surface area contributed by atoms with Crippen molar-refractivity contribution in [2.24, 2.45) is 5.41 Å². The van der Waals surface area contributed by atoms with Gasteiger partial charge in [0, 0.05) is 12.1 Å². The van der Waals surface area contributed by atoms with Gasteiger partial charge in [-0.2, -0.15) is 0 Å². The Morgan fingerprint density at radius 1 is 1.36 bits per heavy atom. The van der Waals surface area contributed by atoms with Crippen LogP contribution < -0.4 is 10.1 Å². The number of ether oxygens (including phenoxy) is 1. The van der Waals surface area contributed by atoms with Crippen molar-refractivity contribution in [1.82, 2.24) is 5.32 Å². The Labute approximate surface area is 135 Å². The van der Waals surface area contributed by atoms with Crippen LogP contribution in [0.3, 0.4) is 0 Å². The summed E-state index contributed by atoms with van der Waals surface area (Å²) < 4.78 is 5.47. The smallest absolute Gasteiger partial charge is 0.309 e. The van der Waals surface area contributed by atoms with Crippen LogP contribution in [0.2, 0.25) is 5.02 Å². The quantitative estimate of drug-likeness (QED) is 0.769. The number of carboxylic acids is 1. The van der Waals surface area contributed by atoms with Crippen LogP contribution in [0.1, 0.15) is 32.8 Å². The van der Waals surface area contributed by atoms with E-state index in [1.54, 1.807) is 32.0 Å². The zero-order valence-corrected chi connectivity index (χ0v) is 13.9. The number of carbonyl (C=O) groups excluding carboxylic acids is 1. The van der Waals surface area contributed by atoms with Gasteiger partial charge in [0.1, 0.15) is 5.75 Å². The fourth-order valence-corrected chi connectivity index (χ4v) is 2.10. The second-order valence-corrected chi connectivity index (χ2v) is 6.03. The van der Waals surface area contributed by atoms with Crippen molar-refractivity contribution >= 4 is 23.5 Å². The molecule has 0 aliphatic rings. The molecular weight excluding hydrogens is 306 g/mol. The number of amides is 1. The minimum atomic E-state index is -0.879. The molecule has 1 rings (SSSR count). The van der Waals surface area contributed by atoms with Crippen LogP contribution in [-0.2, 0) is 16.0 Å². The molecule has 0 heterocycles. The number of para-hydroxylation sites is 1. The number of benzene rings is 1. The molecule has 6 heteroatoms. The van der Waals surface area contributed by atoms with Crippen LogP contribution in [0, 0.1) is 5.41 Å². The monoisotopic (exact) mass is 327 g/mol. The van der Waals surface area contributed by atoms with Crippen molar-refractivity contribution in [3.63, 3.8) is 0 Å². The zero-order valence-electron chi connectivity index (χ0n) is 13.1. The maximum atomic E-state index is 12.0. The van der Waals surface area contributed by atoms with E-state index < -0.39 is 11.4 Å². The van der Waals surface area contributed by atoms with Crippen LogP contribution in [0.5, 0.6) is 5.75 Å². The highest BCUT2D eigenvalue weighted by molar-refractivity contribution is 6.32. The van der Waals surface area contributed by atoms with Gasteiger partial charge in [0.2, 0.25) is 5.91 Å². The first-order valence-corrected chi connectivity index (χ1v) is 7.56. The van der Waals surface area contributed by atoms with Crippen LogP contribution >= 0.6 is 11.6 Å². The van der Waals surface area contributed by atoms with Gasteiger partial charge in [0.05, 0.1) is 23.5 Å². The SMILES string of the molecule is CCOc1c(Cl)cccc1CC(=O)NCCC(C)(C)C(=O)O. The summed E-state index contributed by atoms with van der Waals surface area (Å²) in [5.41, 5.74) is -0.149. The summed E-state index contributed by atoms with van der Waals surface area (Å²) in [6.07, 6.45) is 0.505. The minimum Gasteiger partial charge on any atom is -0.492 e. The molecule has 5 nitrogen and oxygen atoms in total. The van der Waals surface area contributed by atoms with Gasteiger partial charge in [-0.15, -0.1) is 0 Å². The maximum absolute atomic E-state index is 12.0. The summed E-state index contributed by atoms with van der Waals surface area (Å²) in [5.74, 6) is -0.549. The third-order valence-corrected chi connectivity index (χ3v) is 3.64. The summed E-state index contributed by atoms with van der Waals surface area (Å²) in [6, 6.07) is 5.27. The van der Waals surface area contributed by atoms with Gasteiger partial charge in [-0.05, 0) is 33.3 Å². The Hall–Kier alpha value is -1.75. The van der Waals surface area contributed by atoms with E-state index in [1.807, 2.05) is 6.92 Å². The second-order valence-electron chi connectivity index (χ2n) is 5.63. The van der Waals surface area contributed by atoms with Gasteiger partial charge in [0.25, 0.3) is 0 Å². The molecule has 0 aliphatic carbocycles. The lowest BCUT2D eigenvalue weighted by Gasteiger charge is -2.19. The first kappa shape index (κ1) is 18.3. The Morgan fingerprint density at radius 3 is 2.64 bits per heavy atom.